The fourth-order valence-corrected chi connectivity index (χ4v) is 3.52. The van der Waals surface area contributed by atoms with Gasteiger partial charge in [-0.2, -0.15) is 0 Å². The Morgan fingerprint density at radius 3 is 2.65 bits per heavy atom. The number of rotatable bonds is 2. The molecular weight excluding hydrogens is 407 g/mol. The summed E-state index contributed by atoms with van der Waals surface area (Å²) in [4.78, 5) is 12.7. The molecule has 0 atom stereocenters. The van der Waals surface area contributed by atoms with Crippen LogP contribution in [-0.4, -0.2) is 12.4 Å². The number of halogens is 3. The fraction of sp³-hybridized carbons (Fsp3) is 0.133. The molecule has 0 aliphatic carbocycles. The van der Waals surface area contributed by atoms with Gasteiger partial charge in [-0.3, -0.25) is 4.79 Å². The van der Waals surface area contributed by atoms with E-state index in [0.717, 1.165) is 20.9 Å². The predicted molar refractivity (Wildman–Crippen MR) is 85.9 cm³/mol. The third-order valence-corrected chi connectivity index (χ3v) is 4.43. The highest BCUT2D eigenvalue weighted by molar-refractivity contribution is 9.10. The first-order chi connectivity index (χ1) is 9.56. The lowest BCUT2D eigenvalue weighted by Gasteiger charge is -2.09. The van der Waals surface area contributed by atoms with Crippen molar-refractivity contribution in [3.63, 3.8) is 0 Å². The Balaban J connectivity index is 2.11. The molecule has 2 nitrogen and oxygen atoms in total. The van der Waals surface area contributed by atoms with Gasteiger partial charge in [-0.05, 0) is 35.9 Å². The smallest absolute Gasteiger partial charge is 0.198 e. The Hall–Kier alpha value is -0.840. The quantitative estimate of drug-likeness (QED) is 0.642. The van der Waals surface area contributed by atoms with Gasteiger partial charge in [-0.1, -0.05) is 43.5 Å². The molecule has 0 aromatic heterocycles. The predicted octanol–water partition coefficient (Wildman–Crippen LogP) is 5.03. The zero-order valence-electron chi connectivity index (χ0n) is 10.3. The maximum Gasteiger partial charge on any atom is 0.198 e. The summed E-state index contributed by atoms with van der Waals surface area (Å²) in [5.41, 5.74) is 2.08. The third-order valence-electron chi connectivity index (χ3n) is 3.17. The van der Waals surface area contributed by atoms with E-state index in [0.29, 0.717) is 28.5 Å². The van der Waals surface area contributed by atoms with Crippen LogP contribution in [-0.2, 0) is 6.42 Å². The number of ketones is 1. The first-order valence-electron chi connectivity index (χ1n) is 6.01. The summed E-state index contributed by atoms with van der Waals surface area (Å²) in [6.07, 6.45) is 0.823. The molecule has 0 spiro atoms. The van der Waals surface area contributed by atoms with E-state index < -0.39 is 0 Å². The van der Waals surface area contributed by atoms with Crippen LogP contribution >= 0.6 is 43.5 Å². The Kier molecular flexibility index (Phi) is 3.89. The van der Waals surface area contributed by atoms with Crippen LogP contribution in [0.15, 0.2) is 39.3 Å². The summed E-state index contributed by atoms with van der Waals surface area (Å²) in [6.45, 7) is 0.611. The first kappa shape index (κ1) is 14.1. The lowest BCUT2D eigenvalue weighted by Crippen LogP contribution is -2.05. The summed E-state index contributed by atoms with van der Waals surface area (Å²) < 4.78 is 7.31. The number of hydrogen-bond acceptors (Lipinski definition) is 2. The van der Waals surface area contributed by atoms with Crippen molar-refractivity contribution in [1.82, 2.24) is 0 Å². The molecule has 0 unspecified atom stereocenters. The molecule has 102 valence electrons. The molecule has 2 aromatic rings. The summed E-state index contributed by atoms with van der Waals surface area (Å²) in [6, 6.07) is 9.01. The standard InChI is InChI=1S/C15H9Br2ClO2/c16-9-1-2-11(13(18)7-9)14(19)12-6-10(17)5-8-3-4-20-15(8)12/h1-2,5-7H,3-4H2. The van der Waals surface area contributed by atoms with Crippen LogP contribution in [0.25, 0.3) is 0 Å². The highest BCUT2D eigenvalue weighted by atomic mass is 79.9. The van der Waals surface area contributed by atoms with Crippen LogP contribution in [0.3, 0.4) is 0 Å². The average Bonchev–Trinajstić information content (AvgIpc) is 2.85. The summed E-state index contributed by atoms with van der Waals surface area (Å²) >= 11 is 12.9. The monoisotopic (exact) mass is 414 g/mol. The molecular formula is C15H9Br2ClO2. The van der Waals surface area contributed by atoms with Crippen LogP contribution in [0.1, 0.15) is 21.5 Å². The number of carbonyl (C=O) groups is 1. The van der Waals surface area contributed by atoms with Crippen molar-refractivity contribution in [3.8, 4) is 5.75 Å². The Bertz CT molecular complexity index is 713. The fourth-order valence-electron chi connectivity index (χ4n) is 2.26. The molecule has 1 aliphatic rings. The Morgan fingerprint density at radius 2 is 1.90 bits per heavy atom. The number of benzene rings is 2. The van der Waals surface area contributed by atoms with E-state index in [-0.39, 0.29) is 5.78 Å². The van der Waals surface area contributed by atoms with Crippen LogP contribution in [0, 0.1) is 0 Å². The van der Waals surface area contributed by atoms with Crippen molar-refractivity contribution < 1.29 is 9.53 Å². The van der Waals surface area contributed by atoms with Crippen molar-refractivity contribution >= 4 is 49.2 Å². The van der Waals surface area contributed by atoms with E-state index in [1.165, 1.54) is 0 Å². The van der Waals surface area contributed by atoms with Crippen LogP contribution < -0.4 is 4.74 Å². The largest absolute Gasteiger partial charge is 0.492 e. The van der Waals surface area contributed by atoms with E-state index in [1.807, 2.05) is 6.07 Å². The van der Waals surface area contributed by atoms with E-state index in [2.05, 4.69) is 31.9 Å². The molecule has 0 radical (unpaired) electrons. The van der Waals surface area contributed by atoms with Gasteiger partial charge in [0.05, 0.1) is 17.2 Å². The zero-order chi connectivity index (χ0) is 14.3. The molecule has 2 aromatic carbocycles. The second-order valence-electron chi connectivity index (χ2n) is 4.49. The topological polar surface area (TPSA) is 26.3 Å². The number of hydrogen-bond donors (Lipinski definition) is 0. The highest BCUT2D eigenvalue weighted by Crippen LogP contribution is 2.35. The van der Waals surface area contributed by atoms with Crippen molar-refractivity contribution in [2.24, 2.45) is 0 Å². The highest BCUT2D eigenvalue weighted by Gasteiger charge is 2.24. The van der Waals surface area contributed by atoms with Gasteiger partial charge in [0.25, 0.3) is 0 Å². The summed E-state index contributed by atoms with van der Waals surface area (Å²) in [7, 11) is 0. The molecule has 1 heterocycles. The van der Waals surface area contributed by atoms with Crippen molar-refractivity contribution in [3.05, 3.63) is 61.0 Å². The molecule has 0 saturated heterocycles. The Labute approximate surface area is 138 Å². The molecule has 0 N–H and O–H groups in total. The van der Waals surface area contributed by atoms with Gasteiger partial charge < -0.3 is 4.74 Å². The minimum atomic E-state index is -0.123. The zero-order valence-corrected chi connectivity index (χ0v) is 14.2. The van der Waals surface area contributed by atoms with Gasteiger partial charge in [-0.15, -0.1) is 0 Å². The van der Waals surface area contributed by atoms with Gasteiger partial charge in [-0.25, -0.2) is 0 Å². The van der Waals surface area contributed by atoms with Gasteiger partial charge in [0.2, 0.25) is 0 Å². The maximum atomic E-state index is 12.7. The molecule has 0 bridgehead atoms. The second-order valence-corrected chi connectivity index (χ2v) is 6.73. The summed E-state index contributed by atoms with van der Waals surface area (Å²) in [5, 5.41) is 0.427. The van der Waals surface area contributed by atoms with Gasteiger partial charge in [0, 0.05) is 20.9 Å². The van der Waals surface area contributed by atoms with Crippen LogP contribution in [0.4, 0.5) is 0 Å². The molecule has 0 amide bonds. The van der Waals surface area contributed by atoms with Gasteiger partial charge in [0.15, 0.2) is 5.78 Å². The molecule has 3 rings (SSSR count). The number of fused-ring (bicyclic) bond motifs is 1. The Morgan fingerprint density at radius 1 is 1.10 bits per heavy atom. The van der Waals surface area contributed by atoms with Gasteiger partial charge >= 0.3 is 0 Å². The van der Waals surface area contributed by atoms with Gasteiger partial charge in [0.1, 0.15) is 5.75 Å². The first-order valence-corrected chi connectivity index (χ1v) is 7.97. The van der Waals surface area contributed by atoms with E-state index in [9.17, 15) is 4.79 Å². The number of ether oxygens (including phenoxy) is 1. The average molecular weight is 416 g/mol. The molecule has 20 heavy (non-hydrogen) atoms. The second kappa shape index (κ2) is 5.51. The van der Waals surface area contributed by atoms with Crippen molar-refractivity contribution in [2.75, 3.05) is 6.61 Å². The normalized spacial score (nSPS) is 12.9. The van der Waals surface area contributed by atoms with E-state index in [4.69, 9.17) is 16.3 Å². The minimum absolute atomic E-state index is 0.123. The molecule has 0 saturated carbocycles. The van der Waals surface area contributed by atoms with Crippen LogP contribution in [0.5, 0.6) is 5.75 Å². The lowest BCUT2D eigenvalue weighted by molar-refractivity contribution is 0.103. The minimum Gasteiger partial charge on any atom is -0.492 e. The molecule has 1 aliphatic heterocycles. The molecule has 0 fully saturated rings. The van der Waals surface area contributed by atoms with E-state index in [1.54, 1.807) is 24.3 Å². The summed E-state index contributed by atoms with van der Waals surface area (Å²) in [5.74, 6) is 0.555. The third kappa shape index (κ3) is 2.52. The van der Waals surface area contributed by atoms with E-state index >= 15 is 0 Å². The maximum absolute atomic E-state index is 12.7. The lowest BCUT2D eigenvalue weighted by atomic mass is 10.00. The van der Waals surface area contributed by atoms with Crippen molar-refractivity contribution in [1.29, 1.82) is 0 Å². The molecule has 5 heteroatoms. The van der Waals surface area contributed by atoms with Crippen molar-refractivity contribution in [2.45, 2.75) is 6.42 Å². The van der Waals surface area contributed by atoms with Crippen LogP contribution in [0.2, 0.25) is 5.02 Å². The number of carbonyl (C=O) groups excluding carboxylic acids is 1. The SMILES string of the molecule is O=C(c1ccc(Br)cc1Cl)c1cc(Br)cc2c1OCC2.